The molecule has 0 aliphatic carbocycles. The van der Waals surface area contributed by atoms with Crippen LogP contribution in [0.25, 0.3) is 0 Å². The Balaban J connectivity index is 3.13. The lowest BCUT2D eigenvalue weighted by Gasteiger charge is -2.14. The third-order valence-corrected chi connectivity index (χ3v) is 2.10. The summed E-state index contributed by atoms with van der Waals surface area (Å²) in [6.07, 6.45) is 0.484. The standard InChI is InChI=1S/C11H15NO2/c1-4-10(13)8-5-6-11(14)9(7-8)12(2)3/h5-7,14H,4H2,1-3H3. The maximum Gasteiger partial charge on any atom is 0.162 e. The zero-order valence-electron chi connectivity index (χ0n) is 8.74. The maximum absolute atomic E-state index is 11.4. The van der Waals surface area contributed by atoms with Gasteiger partial charge in [0.1, 0.15) is 5.75 Å². The van der Waals surface area contributed by atoms with Crippen LogP contribution in [0, 0.1) is 0 Å². The molecule has 3 heteroatoms. The average molecular weight is 193 g/mol. The van der Waals surface area contributed by atoms with E-state index in [4.69, 9.17) is 0 Å². The van der Waals surface area contributed by atoms with E-state index in [9.17, 15) is 9.90 Å². The fourth-order valence-electron chi connectivity index (χ4n) is 1.26. The smallest absolute Gasteiger partial charge is 0.162 e. The van der Waals surface area contributed by atoms with Gasteiger partial charge in [-0.3, -0.25) is 4.79 Å². The van der Waals surface area contributed by atoms with Crippen molar-refractivity contribution < 1.29 is 9.90 Å². The van der Waals surface area contributed by atoms with Crippen molar-refractivity contribution in [1.29, 1.82) is 0 Å². The molecule has 76 valence electrons. The molecule has 0 fully saturated rings. The minimum Gasteiger partial charge on any atom is -0.506 e. The van der Waals surface area contributed by atoms with E-state index in [2.05, 4.69) is 0 Å². The summed E-state index contributed by atoms with van der Waals surface area (Å²) in [5, 5.41) is 9.51. The van der Waals surface area contributed by atoms with E-state index < -0.39 is 0 Å². The van der Waals surface area contributed by atoms with Crippen molar-refractivity contribution in [3.05, 3.63) is 23.8 Å². The number of aromatic hydroxyl groups is 1. The molecule has 0 unspecified atom stereocenters. The van der Waals surface area contributed by atoms with Crippen LogP contribution in [0.1, 0.15) is 23.7 Å². The van der Waals surface area contributed by atoms with E-state index in [1.807, 2.05) is 21.0 Å². The molecule has 1 N–H and O–H groups in total. The monoisotopic (exact) mass is 193 g/mol. The second-order valence-corrected chi connectivity index (χ2v) is 3.37. The quantitative estimate of drug-likeness (QED) is 0.747. The summed E-state index contributed by atoms with van der Waals surface area (Å²) < 4.78 is 0. The Morgan fingerprint density at radius 2 is 2.07 bits per heavy atom. The number of anilines is 1. The van der Waals surface area contributed by atoms with Crippen molar-refractivity contribution in [3.63, 3.8) is 0 Å². The third kappa shape index (κ3) is 2.05. The molecule has 0 aliphatic heterocycles. The first-order chi connectivity index (χ1) is 6.56. The molecule has 14 heavy (non-hydrogen) atoms. The highest BCUT2D eigenvalue weighted by Crippen LogP contribution is 2.26. The summed E-state index contributed by atoms with van der Waals surface area (Å²) in [5.74, 6) is 0.288. The second kappa shape index (κ2) is 4.13. The van der Waals surface area contributed by atoms with Gasteiger partial charge >= 0.3 is 0 Å². The number of phenols is 1. The molecule has 1 aromatic carbocycles. The molecule has 0 atom stereocenters. The van der Waals surface area contributed by atoms with Gasteiger partial charge < -0.3 is 10.0 Å². The molecule has 3 nitrogen and oxygen atoms in total. The SMILES string of the molecule is CCC(=O)c1ccc(O)c(N(C)C)c1. The van der Waals surface area contributed by atoms with E-state index in [1.54, 1.807) is 23.1 Å². The average Bonchev–Trinajstić information content (AvgIpc) is 2.17. The largest absolute Gasteiger partial charge is 0.506 e. The first-order valence-electron chi connectivity index (χ1n) is 4.59. The van der Waals surface area contributed by atoms with E-state index in [1.165, 1.54) is 0 Å². The minimum atomic E-state index is 0.0908. The van der Waals surface area contributed by atoms with Crippen LogP contribution in [-0.4, -0.2) is 25.0 Å². The van der Waals surface area contributed by atoms with Gasteiger partial charge in [0.2, 0.25) is 0 Å². The van der Waals surface area contributed by atoms with Gasteiger partial charge in [-0.15, -0.1) is 0 Å². The molecule has 0 heterocycles. The number of ketones is 1. The Bertz CT molecular complexity index is 345. The second-order valence-electron chi connectivity index (χ2n) is 3.37. The number of rotatable bonds is 3. The Morgan fingerprint density at radius 3 is 2.57 bits per heavy atom. The predicted molar refractivity (Wildman–Crippen MR) is 57.1 cm³/mol. The molecule has 0 radical (unpaired) electrons. The summed E-state index contributed by atoms with van der Waals surface area (Å²) in [6.45, 7) is 1.82. The fraction of sp³-hybridized carbons (Fsp3) is 0.364. The van der Waals surface area contributed by atoms with Crippen LogP contribution in [0.15, 0.2) is 18.2 Å². The summed E-state index contributed by atoms with van der Waals surface area (Å²) in [4.78, 5) is 13.2. The molecule has 1 rings (SSSR count). The van der Waals surface area contributed by atoms with Gasteiger partial charge in [0, 0.05) is 26.1 Å². The summed E-state index contributed by atoms with van der Waals surface area (Å²) in [6, 6.07) is 4.91. The van der Waals surface area contributed by atoms with E-state index in [0.29, 0.717) is 17.7 Å². The zero-order chi connectivity index (χ0) is 10.7. The van der Waals surface area contributed by atoms with Crippen molar-refractivity contribution in [2.45, 2.75) is 13.3 Å². The molecule has 0 saturated heterocycles. The van der Waals surface area contributed by atoms with Crippen LogP contribution in [0.2, 0.25) is 0 Å². The normalized spacial score (nSPS) is 9.93. The van der Waals surface area contributed by atoms with Crippen LogP contribution >= 0.6 is 0 Å². The number of carbonyl (C=O) groups excluding carboxylic acids is 1. The Hall–Kier alpha value is -1.51. The lowest BCUT2D eigenvalue weighted by Crippen LogP contribution is -2.10. The number of benzene rings is 1. The Labute approximate surface area is 84.0 Å². The summed E-state index contributed by atoms with van der Waals surface area (Å²) in [5.41, 5.74) is 1.32. The lowest BCUT2D eigenvalue weighted by molar-refractivity contribution is 0.0988. The molecule has 0 bridgehead atoms. The van der Waals surface area contributed by atoms with Crippen LogP contribution < -0.4 is 4.90 Å². The Morgan fingerprint density at radius 1 is 1.43 bits per heavy atom. The van der Waals surface area contributed by atoms with Gasteiger partial charge in [0.15, 0.2) is 5.78 Å². The van der Waals surface area contributed by atoms with Crippen LogP contribution in [0.5, 0.6) is 5.75 Å². The molecular formula is C11H15NO2. The van der Waals surface area contributed by atoms with Crippen LogP contribution in [0.4, 0.5) is 5.69 Å². The van der Waals surface area contributed by atoms with Crippen LogP contribution in [0.3, 0.4) is 0 Å². The van der Waals surface area contributed by atoms with E-state index >= 15 is 0 Å². The number of Topliss-reactive ketones (excluding diaryl/α,β-unsaturated/α-hetero) is 1. The van der Waals surface area contributed by atoms with Gasteiger partial charge in [-0.25, -0.2) is 0 Å². The summed E-state index contributed by atoms with van der Waals surface area (Å²) in [7, 11) is 3.66. The van der Waals surface area contributed by atoms with Crippen molar-refractivity contribution in [2.24, 2.45) is 0 Å². The molecule has 0 spiro atoms. The van der Waals surface area contributed by atoms with Gasteiger partial charge in [-0.05, 0) is 18.2 Å². The van der Waals surface area contributed by atoms with Gasteiger partial charge in [-0.1, -0.05) is 6.92 Å². The molecular weight excluding hydrogens is 178 g/mol. The maximum atomic E-state index is 11.4. The van der Waals surface area contributed by atoms with Crippen molar-refractivity contribution in [3.8, 4) is 5.75 Å². The highest BCUT2D eigenvalue weighted by molar-refractivity contribution is 5.97. The fourth-order valence-corrected chi connectivity index (χ4v) is 1.26. The molecule has 1 aromatic rings. The number of carbonyl (C=O) groups is 1. The van der Waals surface area contributed by atoms with Crippen LogP contribution in [-0.2, 0) is 0 Å². The first-order valence-corrected chi connectivity index (χ1v) is 4.59. The van der Waals surface area contributed by atoms with Crippen molar-refractivity contribution in [1.82, 2.24) is 0 Å². The predicted octanol–water partition coefficient (Wildman–Crippen LogP) is 2.05. The van der Waals surface area contributed by atoms with Crippen molar-refractivity contribution in [2.75, 3.05) is 19.0 Å². The lowest BCUT2D eigenvalue weighted by atomic mass is 10.1. The first kappa shape index (κ1) is 10.6. The van der Waals surface area contributed by atoms with E-state index in [-0.39, 0.29) is 11.5 Å². The highest BCUT2D eigenvalue weighted by Gasteiger charge is 2.08. The molecule has 0 aliphatic rings. The number of phenolic OH excluding ortho intramolecular Hbond substituents is 1. The molecule has 0 saturated carbocycles. The number of hydrogen-bond acceptors (Lipinski definition) is 3. The summed E-state index contributed by atoms with van der Waals surface area (Å²) >= 11 is 0. The van der Waals surface area contributed by atoms with Gasteiger partial charge in [0.25, 0.3) is 0 Å². The third-order valence-electron chi connectivity index (χ3n) is 2.10. The van der Waals surface area contributed by atoms with Gasteiger partial charge in [-0.2, -0.15) is 0 Å². The Kier molecular flexibility index (Phi) is 3.12. The minimum absolute atomic E-state index is 0.0908. The van der Waals surface area contributed by atoms with Gasteiger partial charge in [0.05, 0.1) is 5.69 Å². The molecule has 0 aromatic heterocycles. The molecule has 0 amide bonds. The topological polar surface area (TPSA) is 40.5 Å². The zero-order valence-corrected chi connectivity index (χ0v) is 8.74. The number of hydrogen-bond donors (Lipinski definition) is 1. The number of nitrogens with zero attached hydrogens (tertiary/aromatic N) is 1. The van der Waals surface area contributed by atoms with Crippen molar-refractivity contribution >= 4 is 11.5 Å². The highest BCUT2D eigenvalue weighted by atomic mass is 16.3. The van der Waals surface area contributed by atoms with E-state index in [0.717, 1.165) is 0 Å².